The summed E-state index contributed by atoms with van der Waals surface area (Å²) in [4.78, 5) is 4.26. The van der Waals surface area contributed by atoms with Crippen molar-refractivity contribution < 1.29 is 5.11 Å². The highest BCUT2D eigenvalue weighted by Crippen LogP contribution is 2.26. The Kier molecular flexibility index (Phi) is 11.4. The van der Waals surface area contributed by atoms with Crippen LogP contribution >= 0.6 is 0 Å². The van der Waals surface area contributed by atoms with Crippen molar-refractivity contribution in [2.75, 3.05) is 0 Å². The van der Waals surface area contributed by atoms with Gasteiger partial charge in [-0.1, -0.05) is 67.7 Å². The quantitative estimate of drug-likeness (QED) is 0.665. The zero-order valence-electron chi connectivity index (χ0n) is 14.1. The van der Waals surface area contributed by atoms with Crippen LogP contribution in [0.25, 0.3) is 0 Å². The molecule has 1 N–H and O–H groups in total. The van der Waals surface area contributed by atoms with E-state index in [0.29, 0.717) is 17.1 Å². The largest absolute Gasteiger partial charge is 0.508 e. The van der Waals surface area contributed by atoms with Gasteiger partial charge >= 0.3 is 0 Å². The number of hydrogen-bond acceptors (Lipinski definition) is 2. The first-order valence-corrected chi connectivity index (χ1v) is 7.76. The monoisotopic (exact) mass is 319 g/mol. The molecule has 0 saturated carbocycles. The van der Waals surface area contributed by atoms with Crippen LogP contribution in [0.2, 0.25) is 0 Å². The Labute approximate surface area is 144 Å². The second-order valence-electron chi connectivity index (χ2n) is 7.24. The van der Waals surface area contributed by atoms with Gasteiger partial charge < -0.3 is 5.11 Å². The molecule has 1 aromatic rings. The molecule has 0 radical (unpaired) electrons. The summed E-state index contributed by atoms with van der Waals surface area (Å²) >= 11 is 0. The third-order valence-corrected chi connectivity index (χ3v) is 3.01. The van der Waals surface area contributed by atoms with Gasteiger partial charge in [-0.3, -0.25) is 4.99 Å². The van der Waals surface area contributed by atoms with E-state index in [-0.39, 0.29) is 14.9 Å². The summed E-state index contributed by atoms with van der Waals surface area (Å²) in [6, 6.07) is 7.40. The number of aromatic hydroxyl groups is 1. The van der Waals surface area contributed by atoms with Gasteiger partial charge in [0.25, 0.3) is 0 Å². The van der Waals surface area contributed by atoms with E-state index >= 15 is 0 Å². The number of hydrogen-bond donors (Lipinski definition) is 1. The maximum absolute atomic E-state index is 8.99. The van der Waals surface area contributed by atoms with Gasteiger partial charge in [0.05, 0.1) is 0 Å². The normalized spacial score (nSPS) is 12.7. The maximum Gasteiger partial charge on any atom is 0.115 e. The SMILES string of the molecule is C.C.CC(C)(C)CC1=CCC=N1.CC(C)Cc1ccc(O)cc1. The fourth-order valence-electron chi connectivity index (χ4n) is 2.18. The summed E-state index contributed by atoms with van der Waals surface area (Å²) < 4.78 is 0. The zero-order chi connectivity index (χ0) is 15.9. The van der Waals surface area contributed by atoms with Gasteiger partial charge in [-0.15, -0.1) is 0 Å². The van der Waals surface area contributed by atoms with Crippen LogP contribution in [0.5, 0.6) is 5.75 Å². The molecular weight excluding hydrogens is 282 g/mol. The van der Waals surface area contributed by atoms with E-state index in [4.69, 9.17) is 5.11 Å². The molecule has 0 saturated heterocycles. The van der Waals surface area contributed by atoms with Gasteiger partial charge in [-0.05, 0) is 41.9 Å². The van der Waals surface area contributed by atoms with E-state index in [2.05, 4.69) is 45.7 Å². The average Bonchev–Trinajstić information content (AvgIpc) is 2.83. The molecular formula is C21H37NO. The fraction of sp³-hybridized carbons (Fsp3) is 0.571. The second-order valence-corrected chi connectivity index (χ2v) is 7.24. The summed E-state index contributed by atoms with van der Waals surface area (Å²) in [7, 11) is 0. The maximum atomic E-state index is 8.99. The topological polar surface area (TPSA) is 32.6 Å². The summed E-state index contributed by atoms with van der Waals surface area (Å²) in [5.41, 5.74) is 2.93. The van der Waals surface area contributed by atoms with Gasteiger partial charge in [-0.2, -0.15) is 0 Å². The van der Waals surface area contributed by atoms with E-state index in [1.54, 1.807) is 12.1 Å². The Bertz CT molecular complexity index is 476. The molecule has 0 amide bonds. The summed E-state index contributed by atoms with van der Waals surface area (Å²) in [6.07, 6.45) is 7.39. The lowest BCUT2D eigenvalue weighted by atomic mass is 9.91. The molecule has 0 atom stereocenters. The first kappa shape index (κ1) is 23.7. The number of phenolic OH excluding ortho intramolecular Hbond substituents is 1. The predicted molar refractivity (Wildman–Crippen MR) is 105 cm³/mol. The third kappa shape index (κ3) is 11.6. The van der Waals surface area contributed by atoms with Gasteiger partial charge in [0.1, 0.15) is 5.75 Å². The highest BCUT2D eigenvalue weighted by atomic mass is 16.3. The van der Waals surface area contributed by atoms with Crippen molar-refractivity contribution in [2.24, 2.45) is 16.3 Å². The summed E-state index contributed by atoms with van der Waals surface area (Å²) in [5.74, 6) is 1.03. The van der Waals surface area contributed by atoms with E-state index in [9.17, 15) is 0 Å². The molecule has 2 rings (SSSR count). The number of benzene rings is 1. The van der Waals surface area contributed by atoms with Gasteiger partial charge in [0.2, 0.25) is 0 Å². The van der Waals surface area contributed by atoms with E-state index in [1.807, 2.05) is 18.3 Å². The minimum atomic E-state index is 0. The minimum Gasteiger partial charge on any atom is -0.508 e. The molecule has 0 unspecified atom stereocenters. The van der Waals surface area contributed by atoms with Crippen LogP contribution in [0.15, 0.2) is 41.0 Å². The van der Waals surface area contributed by atoms with Crippen LogP contribution in [0.1, 0.15) is 67.9 Å². The van der Waals surface area contributed by atoms with Crippen molar-refractivity contribution in [3.63, 3.8) is 0 Å². The van der Waals surface area contributed by atoms with Crippen LogP contribution in [-0.2, 0) is 6.42 Å². The molecule has 1 heterocycles. The Hall–Kier alpha value is -1.57. The van der Waals surface area contributed by atoms with E-state index in [0.717, 1.165) is 19.3 Å². The zero-order valence-corrected chi connectivity index (χ0v) is 14.1. The lowest BCUT2D eigenvalue weighted by Crippen LogP contribution is -2.04. The number of rotatable bonds is 3. The molecule has 23 heavy (non-hydrogen) atoms. The Morgan fingerprint density at radius 3 is 2.04 bits per heavy atom. The van der Waals surface area contributed by atoms with Crippen molar-refractivity contribution in [3.05, 3.63) is 41.6 Å². The molecule has 0 fully saturated rings. The smallest absolute Gasteiger partial charge is 0.115 e. The molecule has 0 bridgehead atoms. The van der Waals surface area contributed by atoms with Crippen molar-refractivity contribution in [1.29, 1.82) is 0 Å². The van der Waals surface area contributed by atoms with Crippen LogP contribution in [0.3, 0.4) is 0 Å². The third-order valence-electron chi connectivity index (χ3n) is 3.01. The van der Waals surface area contributed by atoms with Gasteiger partial charge in [0.15, 0.2) is 0 Å². The fourth-order valence-corrected chi connectivity index (χ4v) is 2.18. The van der Waals surface area contributed by atoms with Gasteiger partial charge in [0, 0.05) is 18.3 Å². The lowest BCUT2D eigenvalue weighted by molar-refractivity contribution is 0.408. The van der Waals surface area contributed by atoms with Crippen LogP contribution in [-0.4, -0.2) is 11.3 Å². The Balaban J connectivity index is 0. The van der Waals surface area contributed by atoms with Crippen molar-refractivity contribution in [3.8, 4) is 5.75 Å². The first-order chi connectivity index (χ1) is 9.76. The highest BCUT2D eigenvalue weighted by molar-refractivity contribution is 5.64. The molecule has 0 aliphatic carbocycles. The standard InChI is InChI=1S/C10H14O.C9H15N.2CH4/c1-8(2)7-9-3-5-10(11)6-4-9;1-9(2,3)7-8-5-4-6-10-8;;/h3-6,8,11H,7H2,1-2H3;5-6H,4,7H2,1-3H3;2*1H4. The molecule has 1 aliphatic rings. The Morgan fingerprint density at radius 1 is 1.09 bits per heavy atom. The molecule has 0 aromatic heterocycles. The molecule has 2 heteroatoms. The van der Waals surface area contributed by atoms with Crippen molar-refractivity contribution >= 4 is 6.21 Å². The molecule has 1 aromatic carbocycles. The number of allylic oxidation sites excluding steroid dienone is 2. The highest BCUT2D eigenvalue weighted by Gasteiger charge is 2.13. The Morgan fingerprint density at radius 2 is 1.65 bits per heavy atom. The number of nitrogens with zero attached hydrogens (tertiary/aromatic N) is 1. The van der Waals surface area contributed by atoms with Crippen molar-refractivity contribution in [1.82, 2.24) is 0 Å². The lowest BCUT2D eigenvalue weighted by Gasteiger charge is -2.16. The first-order valence-electron chi connectivity index (χ1n) is 7.76. The minimum absolute atomic E-state index is 0. The van der Waals surface area contributed by atoms with E-state index < -0.39 is 0 Å². The second kappa shape index (κ2) is 11.0. The van der Waals surface area contributed by atoms with Crippen LogP contribution in [0, 0.1) is 11.3 Å². The average molecular weight is 320 g/mol. The molecule has 1 aliphatic heterocycles. The van der Waals surface area contributed by atoms with Crippen LogP contribution < -0.4 is 0 Å². The molecule has 132 valence electrons. The van der Waals surface area contributed by atoms with E-state index in [1.165, 1.54) is 11.3 Å². The molecule has 2 nitrogen and oxygen atoms in total. The summed E-state index contributed by atoms with van der Waals surface area (Å²) in [6.45, 7) is 11.1. The molecule has 0 spiro atoms. The van der Waals surface area contributed by atoms with Crippen molar-refractivity contribution in [2.45, 2.75) is 68.7 Å². The number of aliphatic imine (C=N–C) groups is 1. The van der Waals surface area contributed by atoms with Crippen LogP contribution in [0.4, 0.5) is 0 Å². The predicted octanol–water partition coefficient (Wildman–Crippen LogP) is 6.64. The summed E-state index contributed by atoms with van der Waals surface area (Å²) in [5, 5.41) is 8.99. The number of phenols is 1. The van der Waals surface area contributed by atoms with Gasteiger partial charge in [-0.25, -0.2) is 0 Å².